The number of anilines is 1. The Labute approximate surface area is 110 Å². The lowest BCUT2D eigenvalue weighted by atomic mass is 10.1. The minimum absolute atomic E-state index is 0.193. The van der Waals surface area contributed by atoms with Crippen molar-refractivity contribution in [2.75, 3.05) is 11.9 Å². The Balaban J connectivity index is 2.89. The van der Waals surface area contributed by atoms with Gasteiger partial charge in [-0.2, -0.15) is 4.98 Å². The molecule has 1 aromatic heterocycles. The van der Waals surface area contributed by atoms with Gasteiger partial charge in [0.05, 0.1) is 0 Å². The van der Waals surface area contributed by atoms with Crippen LogP contribution < -0.4 is 10.1 Å². The average molecular weight is 251 g/mol. The normalized spacial score (nSPS) is 11.4. The van der Waals surface area contributed by atoms with E-state index in [0.29, 0.717) is 5.88 Å². The van der Waals surface area contributed by atoms with E-state index in [4.69, 9.17) is 4.74 Å². The highest BCUT2D eigenvalue weighted by molar-refractivity contribution is 5.38. The smallest absolute Gasteiger partial charge is 0.219 e. The molecule has 0 saturated carbocycles. The predicted octanol–water partition coefficient (Wildman–Crippen LogP) is 3.43. The highest BCUT2D eigenvalue weighted by Crippen LogP contribution is 2.21. The van der Waals surface area contributed by atoms with Crippen molar-refractivity contribution in [2.24, 2.45) is 0 Å². The zero-order valence-electron chi connectivity index (χ0n) is 12.2. The molecule has 0 spiro atoms. The van der Waals surface area contributed by atoms with Crippen LogP contribution >= 0.6 is 0 Å². The maximum Gasteiger partial charge on any atom is 0.219 e. The monoisotopic (exact) mass is 251 g/mol. The topological polar surface area (TPSA) is 47.0 Å². The first kappa shape index (κ1) is 14.7. The highest BCUT2D eigenvalue weighted by atomic mass is 16.5. The van der Waals surface area contributed by atoms with Crippen molar-refractivity contribution >= 4 is 5.82 Å². The van der Waals surface area contributed by atoms with Crippen molar-refractivity contribution in [2.45, 2.75) is 59.5 Å². The summed E-state index contributed by atoms with van der Waals surface area (Å²) in [5, 5.41) is 3.28. The standard InChI is InChI=1S/C14H25N3O/c1-6-9-15-12-10-13(17-11(7-2)16-12)18-14(4,5)8-3/h10H,6-9H2,1-5H3,(H,15,16,17). The Morgan fingerprint density at radius 1 is 1.22 bits per heavy atom. The summed E-state index contributed by atoms with van der Waals surface area (Å²) in [6.45, 7) is 11.3. The molecule has 0 amide bonds. The maximum absolute atomic E-state index is 5.92. The van der Waals surface area contributed by atoms with Gasteiger partial charge in [0.2, 0.25) is 5.88 Å². The van der Waals surface area contributed by atoms with Gasteiger partial charge in [-0.05, 0) is 26.7 Å². The van der Waals surface area contributed by atoms with Crippen LogP contribution in [0.1, 0.15) is 53.3 Å². The van der Waals surface area contributed by atoms with E-state index in [1.807, 2.05) is 13.0 Å². The molecule has 0 aliphatic rings. The number of rotatable bonds is 7. The molecule has 4 nitrogen and oxygen atoms in total. The Kier molecular flexibility index (Phi) is 5.38. The molecule has 0 unspecified atom stereocenters. The molecule has 1 heterocycles. The third kappa shape index (κ3) is 4.51. The van der Waals surface area contributed by atoms with E-state index in [1.165, 1.54) is 0 Å². The number of nitrogens with one attached hydrogen (secondary N) is 1. The minimum Gasteiger partial charge on any atom is -0.472 e. The number of aromatic nitrogens is 2. The largest absolute Gasteiger partial charge is 0.472 e. The predicted molar refractivity (Wildman–Crippen MR) is 75.2 cm³/mol. The first-order chi connectivity index (χ1) is 8.50. The third-order valence-corrected chi connectivity index (χ3v) is 2.85. The molecule has 4 heteroatoms. The van der Waals surface area contributed by atoms with Gasteiger partial charge in [-0.15, -0.1) is 0 Å². The van der Waals surface area contributed by atoms with Gasteiger partial charge in [0.25, 0.3) is 0 Å². The average Bonchev–Trinajstić information content (AvgIpc) is 2.35. The van der Waals surface area contributed by atoms with E-state index in [9.17, 15) is 0 Å². The van der Waals surface area contributed by atoms with E-state index in [2.05, 4.69) is 43.0 Å². The number of aryl methyl sites for hydroxylation is 1. The molecule has 0 aliphatic heterocycles. The van der Waals surface area contributed by atoms with Gasteiger partial charge in [-0.25, -0.2) is 4.98 Å². The fourth-order valence-electron chi connectivity index (χ4n) is 1.38. The van der Waals surface area contributed by atoms with Crippen LogP contribution in [0, 0.1) is 0 Å². The van der Waals surface area contributed by atoms with Crippen LogP contribution in [0.2, 0.25) is 0 Å². The van der Waals surface area contributed by atoms with Crippen molar-refractivity contribution in [1.82, 2.24) is 9.97 Å². The van der Waals surface area contributed by atoms with Gasteiger partial charge in [-0.3, -0.25) is 0 Å². The molecule has 0 fully saturated rings. The van der Waals surface area contributed by atoms with E-state index in [1.54, 1.807) is 0 Å². The van der Waals surface area contributed by atoms with Crippen LogP contribution in [0.15, 0.2) is 6.07 Å². The van der Waals surface area contributed by atoms with E-state index in [0.717, 1.165) is 37.4 Å². The van der Waals surface area contributed by atoms with Crippen LogP contribution in [-0.4, -0.2) is 22.1 Å². The Morgan fingerprint density at radius 3 is 2.50 bits per heavy atom. The second kappa shape index (κ2) is 6.57. The lowest BCUT2D eigenvalue weighted by molar-refractivity contribution is 0.0986. The summed E-state index contributed by atoms with van der Waals surface area (Å²) in [6.07, 6.45) is 2.82. The lowest BCUT2D eigenvalue weighted by Gasteiger charge is -2.24. The molecule has 18 heavy (non-hydrogen) atoms. The summed E-state index contributed by atoms with van der Waals surface area (Å²) in [4.78, 5) is 8.86. The van der Waals surface area contributed by atoms with Gasteiger partial charge in [0.1, 0.15) is 17.2 Å². The van der Waals surface area contributed by atoms with Crippen molar-refractivity contribution in [3.05, 3.63) is 11.9 Å². The van der Waals surface area contributed by atoms with Crippen molar-refractivity contribution in [3.63, 3.8) is 0 Å². The molecule has 0 atom stereocenters. The van der Waals surface area contributed by atoms with E-state index in [-0.39, 0.29) is 5.60 Å². The maximum atomic E-state index is 5.92. The molecule has 1 rings (SSSR count). The number of ether oxygens (including phenoxy) is 1. The van der Waals surface area contributed by atoms with Crippen molar-refractivity contribution in [3.8, 4) is 5.88 Å². The van der Waals surface area contributed by atoms with Crippen molar-refractivity contribution in [1.29, 1.82) is 0 Å². The summed E-state index contributed by atoms with van der Waals surface area (Å²) in [7, 11) is 0. The number of hydrogen-bond acceptors (Lipinski definition) is 4. The van der Waals surface area contributed by atoms with Crippen LogP contribution in [0.25, 0.3) is 0 Å². The zero-order valence-corrected chi connectivity index (χ0v) is 12.2. The molecule has 102 valence electrons. The number of nitrogens with zero attached hydrogens (tertiary/aromatic N) is 2. The Bertz CT molecular complexity index is 377. The fraction of sp³-hybridized carbons (Fsp3) is 0.714. The van der Waals surface area contributed by atoms with Crippen LogP contribution in [-0.2, 0) is 6.42 Å². The Hall–Kier alpha value is -1.32. The van der Waals surface area contributed by atoms with Crippen molar-refractivity contribution < 1.29 is 4.74 Å². The summed E-state index contributed by atoms with van der Waals surface area (Å²) in [6, 6.07) is 1.88. The molecule has 0 saturated heterocycles. The lowest BCUT2D eigenvalue weighted by Crippen LogP contribution is -2.27. The minimum atomic E-state index is -0.193. The van der Waals surface area contributed by atoms with Gasteiger partial charge < -0.3 is 10.1 Å². The van der Waals surface area contributed by atoms with E-state index < -0.39 is 0 Å². The van der Waals surface area contributed by atoms with E-state index >= 15 is 0 Å². The second-order valence-corrected chi connectivity index (χ2v) is 5.00. The quantitative estimate of drug-likeness (QED) is 0.806. The van der Waals surface area contributed by atoms with Crippen LogP contribution in [0.4, 0.5) is 5.82 Å². The second-order valence-electron chi connectivity index (χ2n) is 5.00. The molecule has 0 aliphatic carbocycles. The molecule has 0 aromatic carbocycles. The van der Waals surface area contributed by atoms with Gasteiger partial charge >= 0.3 is 0 Å². The Morgan fingerprint density at radius 2 is 1.94 bits per heavy atom. The molecular weight excluding hydrogens is 226 g/mol. The summed E-state index contributed by atoms with van der Waals surface area (Å²) < 4.78 is 5.92. The fourth-order valence-corrected chi connectivity index (χ4v) is 1.38. The highest BCUT2D eigenvalue weighted by Gasteiger charge is 2.18. The molecule has 0 radical (unpaired) electrons. The first-order valence-corrected chi connectivity index (χ1v) is 6.81. The summed E-state index contributed by atoms with van der Waals surface area (Å²) >= 11 is 0. The molecule has 1 N–H and O–H groups in total. The van der Waals surface area contributed by atoms with Gasteiger partial charge in [0.15, 0.2) is 0 Å². The van der Waals surface area contributed by atoms with Gasteiger partial charge in [0, 0.05) is 19.0 Å². The van der Waals surface area contributed by atoms with Gasteiger partial charge in [-0.1, -0.05) is 20.8 Å². The third-order valence-electron chi connectivity index (χ3n) is 2.85. The van der Waals surface area contributed by atoms with Crippen LogP contribution in [0.3, 0.4) is 0 Å². The zero-order chi connectivity index (χ0) is 13.6. The molecule has 0 bridgehead atoms. The molecular formula is C14H25N3O. The molecule has 1 aromatic rings. The SMILES string of the molecule is CCCNc1cc(OC(C)(C)CC)nc(CC)n1. The number of hydrogen-bond donors (Lipinski definition) is 1. The van der Waals surface area contributed by atoms with Crippen LogP contribution in [0.5, 0.6) is 5.88 Å². The summed E-state index contributed by atoms with van der Waals surface area (Å²) in [5.41, 5.74) is -0.193. The first-order valence-electron chi connectivity index (χ1n) is 6.81. The summed E-state index contributed by atoms with van der Waals surface area (Å²) in [5.74, 6) is 2.33.